The topological polar surface area (TPSA) is 24.5 Å². The number of hydrogen-bond donors (Lipinski definition) is 1. The summed E-state index contributed by atoms with van der Waals surface area (Å²) in [5.41, 5.74) is -0.126. The van der Waals surface area contributed by atoms with Crippen LogP contribution in [0.15, 0.2) is 0 Å². The zero-order valence-electron chi connectivity index (χ0n) is 13.6. The van der Waals surface area contributed by atoms with E-state index in [0.717, 1.165) is 19.0 Å². The molecule has 2 aliphatic rings. The van der Waals surface area contributed by atoms with Crippen LogP contribution in [0.2, 0.25) is 0 Å². The van der Waals surface area contributed by atoms with Gasteiger partial charge in [0.15, 0.2) is 0 Å². The van der Waals surface area contributed by atoms with Crippen molar-refractivity contribution in [3.8, 4) is 0 Å². The van der Waals surface area contributed by atoms with E-state index in [-0.39, 0.29) is 11.2 Å². The van der Waals surface area contributed by atoms with Gasteiger partial charge in [0.05, 0.1) is 11.2 Å². The van der Waals surface area contributed by atoms with Crippen LogP contribution in [0, 0.1) is 11.8 Å². The standard InChI is InChI=1S/C16H32N2O/c1-7-17-14-13(11-18(6)10-12-8-9-12)15(2,3)19-16(14,4)5/h12-14,17H,7-11H2,1-6H3. The predicted octanol–water partition coefficient (Wildman–Crippen LogP) is 2.51. The lowest BCUT2D eigenvalue weighted by molar-refractivity contribution is -0.0792. The molecule has 3 heteroatoms. The van der Waals surface area contributed by atoms with Gasteiger partial charge in [-0.25, -0.2) is 0 Å². The largest absolute Gasteiger partial charge is 0.368 e. The smallest absolute Gasteiger partial charge is 0.0790 e. The van der Waals surface area contributed by atoms with Crippen LogP contribution >= 0.6 is 0 Å². The van der Waals surface area contributed by atoms with Gasteiger partial charge < -0.3 is 15.0 Å². The SMILES string of the molecule is CCNC1C(CN(C)CC2CC2)C(C)(C)OC1(C)C. The highest BCUT2D eigenvalue weighted by Crippen LogP contribution is 2.42. The van der Waals surface area contributed by atoms with Crippen molar-refractivity contribution in [2.75, 3.05) is 26.7 Å². The molecule has 3 nitrogen and oxygen atoms in total. The maximum absolute atomic E-state index is 6.35. The van der Waals surface area contributed by atoms with Crippen molar-refractivity contribution in [2.24, 2.45) is 11.8 Å². The highest BCUT2D eigenvalue weighted by atomic mass is 16.5. The van der Waals surface area contributed by atoms with Gasteiger partial charge in [0, 0.05) is 25.0 Å². The van der Waals surface area contributed by atoms with Crippen molar-refractivity contribution >= 4 is 0 Å². The van der Waals surface area contributed by atoms with Gasteiger partial charge >= 0.3 is 0 Å². The molecule has 2 rings (SSSR count). The van der Waals surface area contributed by atoms with Crippen molar-refractivity contribution in [3.63, 3.8) is 0 Å². The Morgan fingerprint density at radius 3 is 2.26 bits per heavy atom. The van der Waals surface area contributed by atoms with Gasteiger partial charge in [-0.2, -0.15) is 0 Å². The average molecular weight is 268 g/mol. The molecule has 1 heterocycles. The lowest BCUT2D eigenvalue weighted by atomic mass is 9.82. The molecule has 1 aliphatic carbocycles. The Morgan fingerprint density at radius 2 is 1.74 bits per heavy atom. The molecule has 0 spiro atoms. The summed E-state index contributed by atoms with van der Waals surface area (Å²) in [5.74, 6) is 1.51. The zero-order chi connectivity index (χ0) is 14.3. The number of rotatable bonds is 6. The van der Waals surface area contributed by atoms with E-state index in [4.69, 9.17) is 4.74 Å². The van der Waals surface area contributed by atoms with Gasteiger partial charge in [-0.1, -0.05) is 6.92 Å². The van der Waals surface area contributed by atoms with Crippen LogP contribution in [0.1, 0.15) is 47.5 Å². The third kappa shape index (κ3) is 3.50. The molecule has 2 unspecified atom stereocenters. The summed E-state index contributed by atoms with van der Waals surface area (Å²) >= 11 is 0. The molecule has 0 aromatic carbocycles. The predicted molar refractivity (Wildman–Crippen MR) is 80.4 cm³/mol. The minimum Gasteiger partial charge on any atom is -0.368 e. The van der Waals surface area contributed by atoms with Crippen LogP contribution in [0.3, 0.4) is 0 Å². The first kappa shape index (κ1) is 15.3. The number of nitrogens with zero attached hydrogens (tertiary/aromatic N) is 1. The van der Waals surface area contributed by atoms with Crippen LogP contribution < -0.4 is 5.32 Å². The first-order valence-corrected chi connectivity index (χ1v) is 7.88. The summed E-state index contributed by atoms with van der Waals surface area (Å²) in [6, 6.07) is 0.439. The second-order valence-corrected chi connectivity index (χ2v) is 7.62. The molecule has 112 valence electrons. The Bertz CT molecular complexity index is 310. The lowest BCUT2D eigenvalue weighted by Gasteiger charge is -2.33. The molecule has 1 N–H and O–H groups in total. The molecule has 1 saturated heterocycles. The van der Waals surface area contributed by atoms with E-state index in [0.29, 0.717) is 12.0 Å². The molecule has 0 bridgehead atoms. The summed E-state index contributed by atoms with van der Waals surface area (Å²) in [4.78, 5) is 2.51. The van der Waals surface area contributed by atoms with Crippen LogP contribution in [-0.2, 0) is 4.74 Å². The highest BCUT2D eigenvalue weighted by molar-refractivity contribution is 5.06. The van der Waals surface area contributed by atoms with Crippen molar-refractivity contribution in [1.29, 1.82) is 0 Å². The average Bonchev–Trinajstić information content (AvgIpc) is 3.02. The molecule has 19 heavy (non-hydrogen) atoms. The lowest BCUT2D eigenvalue weighted by Crippen LogP contribution is -2.50. The molecule has 1 saturated carbocycles. The van der Waals surface area contributed by atoms with Gasteiger partial charge in [-0.05, 0) is 60.0 Å². The quantitative estimate of drug-likeness (QED) is 0.801. The van der Waals surface area contributed by atoms with Crippen molar-refractivity contribution in [2.45, 2.75) is 64.7 Å². The van der Waals surface area contributed by atoms with Gasteiger partial charge in [0.1, 0.15) is 0 Å². The summed E-state index contributed by atoms with van der Waals surface area (Å²) in [5, 5.41) is 3.66. The minimum absolute atomic E-state index is 0.0475. The maximum Gasteiger partial charge on any atom is 0.0790 e. The van der Waals surface area contributed by atoms with Crippen molar-refractivity contribution in [3.05, 3.63) is 0 Å². The summed E-state index contributed by atoms with van der Waals surface area (Å²) in [6.45, 7) is 14.5. The molecule has 0 radical (unpaired) electrons. The van der Waals surface area contributed by atoms with E-state index in [1.54, 1.807) is 0 Å². The van der Waals surface area contributed by atoms with Crippen LogP contribution in [0.25, 0.3) is 0 Å². The fraction of sp³-hybridized carbons (Fsp3) is 1.00. The molecule has 2 atom stereocenters. The molecular weight excluding hydrogens is 236 g/mol. The molecular formula is C16H32N2O. The molecule has 0 amide bonds. The second-order valence-electron chi connectivity index (χ2n) is 7.62. The normalized spacial score (nSPS) is 33.0. The Morgan fingerprint density at radius 1 is 1.11 bits per heavy atom. The zero-order valence-corrected chi connectivity index (χ0v) is 13.6. The second kappa shape index (κ2) is 5.34. The van der Waals surface area contributed by atoms with Gasteiger partial charge in [-0.15, -0.1) is 0 Å². The van der Waals surface area contributed by atoms with E-state index >= 15 is 0 Å². The third-order valence-electron chi connectivity index (χ3n) is 4.77. The highest BCUT2D eigenvalue weighted by Gasteiger charge is 2.53. The third-order valence-corrected chi connectivity index (χ3v) is 4.77. The molecule has 2 fully saturated rings. The Balaban J connectivity index is 2.04. The number of hydrogen-bond acceptors (Lipinski definition) is 3. The Labute approximate surface area is 119 Å². The number of likely N-dealkylation sites (N-methyl/N-ethyl adjacent to an activating group) is 1. The Hall–Kier alpha value is -0.120. The molecule has 0 aromatic heterocycles. The van der Waals surface area contributed by atoms with E-state index in [2.05, 4.69) is 51.9 Å². The number of ether oxygens (including phenoxy) is 1. The summed E-state index contributed by atoms with van der Waals surface area (Å²) in [7, 11) is 2.27. The summed E-state index contributed by atoms with van der Waals surface area (Å²) in [6.07, 6.45) is 2.86. The van der Waals surface area contributed by atoms with E-state index in [1.165, 1.54) is 19.4 Å². The van der Waals surface area contributed by atoms with Crippen LogP contribution in [0.5, 0.6) is 0 Å². The van der Waals surface area contributed by atoms with Crippen molar-refractivity contribution in [1.82, 2.24) is 10.2 Å². The maximum atomic E-state index is 6.35. The fourth-order valence-corrected chi connectivity index (χ4v) is 3.79. The fourth-order valence-electron chi connectivity index (χ4n) is 3.79. The summed E-state index contributed by atoms with van der Waals surface area (Å²) < 4.78 is 6.35. The van der Waals surface area contributed by atoms with Crippen LogP contribution in [-0.4, -0.2) is 48.8 Å². The monoisotopic (exact) mass is 268 g/mol. The van der Waals surface area contributed by atoms with Gasteiger partial charge in [-0.3, -0.25) is 0 Å². The first-order valence-electron chi connectivity index (χ1n) is 7.88. The van der Waals surface area contributed by atoms with Crippen molar-refractivity contribution < 1.29 is 4.74 Å². The van der Waals surface area contributed by atoms with Gasteiger partial charge in [0.25, 0.3) is 0 Å². The van der Waals surface area contributed by atoms with E-state index in [1.807, 2.05) is 0 Å². The Kier molecular flexibility index (Phi) is 4.29. The molecule has 0 aromatic rings. The minimum atomic E-state index is -0.0788. The number of nitrogens with one attached hydrogen (secondary N) is 1. The first-order chi connectivity index (χ1) is 8.76. The van der Waals surface area contributed by atoms with Gasteiger partial charge in [0.2, 0.25) is 0 Å². The molecule has 1 aliphatic heterocycles. The van der Waals surface area contributed by atoms with E-state index in [9.17, 15) is 0 Å². The van der Waals surface area contributed by atoms with E-state index < -0.39 is 0 Å². The van der Waals surface area contributed by atoms with Crippen LogP contribution in [0.4, 0.5) is 0 Å².